The minimum atomic E-state index is -2.33. The summed E-state index contributed by atoms with van der Waals surface area (Å²) in [6, 6.07) is 20.2. The van der Waals surface area contributed by atoms with Gasteiger partial charge in [0.15, 0.2) is 19.5 Å². The van der Waals surface area contributed by atoms with Gasteiger partial charge in [-0.1, -0.05) is 94.8 Å². The lowest BCUT2D eigenvalue weighted by atomic mass is 9.44. The summed E-state index contributed by atoms with van der Waals surface area (Å²) in [6.45, 7) is 15.3. The van der Waals surface area contributed by atoms with E-state index < -0.39 is 37.1 Å². The highest BCUT2D eigenvalue weighted by Gasteiger charge is 2.70. The van der Waals surface area contributed by atoms with E-state index in [4.69, 9.17) is 18.6 Å². The first kappa shape index (κ1) is 36.5. The number of carbonyl (C=O) groups is 2. The van der Waals surface area contributed by atoms with Gasteiger partial charge in [-0.05, 0) is 66.8 Å². The average molecular weight is 653 g/mol. The summed E-state index contributed by atoms with van der Waals surface area (Å²) in [5.41, 5.74) is -0.0805. The number of ketones is 1. The predicted octanol–water partition coefficient (Wildman–Crippen LogP) is 7.51. The van der Waals surface area contributed by atoms with Gasteiger partial charge >= 0.3 is 5.97 Å². The Balaban J connectivity index is 1.70. The molecular weight excluding hydrogens is 596 g/mol. The highest BCUT2D eigenvalue weighted by molar-refractivity contribution is 6.74. The Labute approximate surface area is 277 Å². The molecule has 0 heterocycles. The van der Waals surface area contributed by atoms with Crippen molar-refractivity contribution in [1.29, 1.82) is 0 Å². The minimum Gasteiger partial charge on any atom is -0.468 e. The molecule has 6 atom stereocenters. The molecule has 0 radical (unpaired) electrons. The van der Waals surface area contributed by atoms with Gasteiger partial charge in [0.2, 0.25) is 0 Å². The highest BCUT2D eigenvalue weighted by Crippen LogP contribution is 2.62. The van der Waals surface area contributed by atoms with Gasteiger partial charge in [-0.2, -0.15) is 0 Å². The number of esters is 1. The molecule has 0 aromatic heterocycles. The fourth-order valence-corrected chi connectivity index (χ4v) is 9.06. The predicted molar refractivity (Wildman–Crippen MR) is 183 cm³/mol. The molecule has 0 aliphatic heterocycles. The van der Waals surface area contributed by atoms with Crippen molar-refractivity contribution in [3.8, 4) is 0 Å². The summed E-state index contributed by atoms with van der Waals surface area (Å²) >= 11 is 0. The van der Waals surface area contributed by atoms with Gasteiger partial charge in [-0.15, -0.1) is 0 Å². The zero-order valence-electron chi connectivity index (χ0n) is 29.1. The Morgan fingerprint density at radius 2 is 1.57 bits per heavy atom. The summed E-state index contributed by atoms with van der Waals surface area (Å²) < 4.78 is 25.2. The van der Waals surface area contributed by atoms with Crippen LogP contribution in [0.5, 0.6) is 0 Å². The lowest BCUT2D eigenvalue weighted by Crippen LogP contribution is -2.69. The molecule has 0 saturated heterocycles. The summed E-state index contributed by atoms with van der Waals surface area (Å²) in [6.07, 6.45) is 1.94. The number of carbonyl (C=O) groups excluding carboxylic acids is 2. The molecule has 2 saturated carbocycles. The Kier molecular flexibility index (Phi) is 12.1. The van der Waals surface area contributed by atoms with Crippen molar-refractivity contribution in [3.63, 3.8) is 0 Å². The van der Waals surface area contributed by atoms with Crippen LogP contribution >= 0.6 is 0 Å². The smallest absolute Gasteiger partial charge is 0.322 e. The number of hydrogen-bond donors (Lipinski definition) is 1. The van der Waals surface area contributed by atoms with Crippen LogP contribution in [-0.2, 0) is 41.4 Å². The molecule has 4 rings (SSSR count). The number of rotatable bonds is 14. The molecule has 46 heavy (non-hydrogen) atoms. The molecule has 2 aromatic carbocycles. The molecule has 1 N–H and O–H groups in total. The molecule has 0 amide bonds. The number of aliphatic hydroxyl groups excluding tert-OH is 1. The Bertz CT molecular complexity index is 1280. The van der Waals surface area contributed by atoms with Crippen molar-refractivity contribution in [3.05, 3.63) is 71.8 Å². The van der Waals surface area contributed by atoms with Crippen LogP contribution in [0.2, 0.25) is 18.1 Å². The largest absolute Gasteiger partial charge is 0.468 e. The van der Waals surface area contributed by atoms with Crippen LogP contribution in [0.15, 0.2) is 60.7 Å². The van der Waals surface area contributed by atoms with Gasteiger partial charge < -0.3 is 23.7 Å². The Morgan fingerprint density at radius 1 is 0.978 bits per heavy atom. The molecule has 2 aliphatic carbocycles. The van der Waals surface area contributed by atoms with Crippen LogP contribution in [0.1, 0.15) is 77.3 Å². The van der Waals surface area contributed by atoms with Gasteiger partial charge in [0, 0.05) is 18.4 Å². The number of fused-ring (bicyclic) bond motifs is 1. The van der Waals surface area contributed by atoms with Gasteiger partial charge in [-0.3, -0.25) is 9.59 Å². The first-order valence-electron chi connectivity index (χ1n) is 17.0. The monoisotopic (exact) mass is 652 g/mol. The maximum Gasteiger partial charge on any atom is 0.322 e. The fourth-order valence-electron chi connectivity index (χ4n) is 7.63. The van der Waals surface area contributed by atoms with E-state index in [-0.39, 0.29) is 29.3 Å². The SMILES string of the molecule is COC(=O)[C@@]12C(=O)C[C@H](COCc3ccccc3)[C@](C)(C(CCCOCc3ccccc3)O[Si](C)(C)C(C)(C)C)[C@H]1CCC[C@H]2O. The molecule has 2 aromatic rings. The van der Waals surface area contributed by atoms with Crippen molar-refractivity contribution < 1.29 is 33.3 Å². The first-order chi connectivity index (χ1) is 21.8. The van der Waals surface area contributed by atoms with Crippen molar-refractivity contribution >= 4 is 20.1 Å². The van der Waals surface area contributed by atoms with Crippen molar-refractivity contribution in [1.82, 2.24) is 0 Å². The second-order valence-corrected chi connectivity index (χ2v) is 19.9. The summed E-state index contributed by atoms with van der Waals surface area (Å²) in [5.74, 6) is -1.53. The van der Waals surface area contributed by atoms with E-state index in [0.29, 0.717) is 45.7 Å². The molecule has 2 fully saturated rings. The average Bonchev–Trinajstić information content (AvgIpc) is 3.02. The van der Waals surface area contributed by atoms with E-state index >= 15 is 0 Å². The van der Waals surface area contributed by atoms with Crippen LogP contribution in [0.3, 0.4) is 0 Å². The van der Waals surface area contributed by atoms with E-state index in [1.807, 2.05) is 48.5 Å². The van der Waals surface area contributed by atoms with Crippen LogP contribution in [0, 0.1) is 22.7 Å². The number of ether oxygens (including phenoxy) is 3. The lowest BCUT2D eigenvalue weighted by molar-refractivity contribution is -0.210. The van der Waals surface area contributed by atoms with E-state index in [1.165, 1.54) is 7.11 Å². The zero-order valence-corrected chi connectivity index (χ0v) is 30.1. The third-order valence-electron chi connectivity index (χ3n) is 11.3. The zero-order chi connectivity index (χ0) is 33.6. The second kappa shape index (κ2) is 15.2. The minimum absolute atomic E-state index is 0.0548. The third-order valence-corrected chi connectivity index (χ3v) is 15.8. The molecule has 0 spiro atoms. The molecule has 7 nitrogen and oxygen atoms in total. The van der Waals surface area contributed by atoms with Crippen LogP contribution < -0.4 is 0 Å². The van der Waals surface area contributed by atoms with Crippen LogP contribution in [0.25, 0.3) is 0 Å². The number of Topliss-reactive ketones (excluding diaryl/α,β-unsaturated/α-hetero) is 1. The summed E-state index contributed by atoms with van der Waals surface area (Å²) in [7, 11) is -1.01. The van der Waals surface area contributed by atoms with Crippen molar-refractivity contribution in [2.75, 3.05) is 20.3 Å². The molecule has 0 bridgehead atoms. The lowest BCUT2D eigenvalue weighted by Gasteiger charge is -2.61. The number of methoxy groups -OCH3 is 1. The maximum atomic E-state index is 14.2. The summed E-state index contributed by atoms with van der Waals surface area (Å²) in [5, 5.41) is 11.5. The van der Waals surface area contributed by atoms with Gasteiger partial charge in [0.1, 0.15) is 0 Å². The number of benzene rings is 2. The topological polar surface area (TPSA) is 91.3 Å². The van der Waals surface area contributed by atoms with Crippen LogP contribution in [0.4, 0.5) is 0 Å². The van der Waals surface area contributed by atoms with Gasteiger partial charge in [0.05, 0.1) is 39.1 Å². The second-order valence-electron chi connectivity index (χ2n) is 15.1. The third kappa shape index (κ3) is 7.52. The van der Waals surface area contributed by atoms with Crippen molar-refractivity contribution in [2.24, 2.45) is 22.7 Å². The normalized spacial score (nSPS) is 27.6. The van der Waals surface area contributed by atoms with Gasteiger partial charge in [-0.25, -0.2) is 0 Å². The molecule has 254 valence electrons. The molecule has 2 aliphatic rings. The van der Waals surface area contributed by atoms with E-state index in [1.54, 1.807) is 0 Å². The molecule has 8 heteroatoms. The highest BCUT2D eigenvalue weighted by atomic mass is 28.4. The maximum absolute atomic E-state index is 14.2. The Hall–Kier alpha value is -2.36. The van der Waals surface area contributed by atoms with Gasteiger partial charge in [0.25, 0.3) is 0 Å². The standard InChI is InChI=1S/C38H56O7Si/c1-36(2,3)46(6,7)45-34(22-15-23-43-25-28-16-10-8-11-17-28)37(4)30(27-44-26-29-18-12-9-13-19-29)24-33(40)38(35(41)42-5)31(37)20-14-21-32(38)39/h8-13,16-19,30-32,34,39H,14-15,20-27H2,1-7H3/t30-,31-,32-,34?,37+,38+/m1/s1. The molecular formula is C38H56O7Si. The molecule has 1 unspecified atom stereocenters. The first-order valence-corrected chi connectivity index (χ1v) is 19.9. The number of hydrogen-bond acceptors (Lipinski definition) is 7. The van der Waals surface area contributed by atoms with E-state index in [2.05, 4.69) is 52.9 Å². The van der Waals surface area contributed by atoms with E-state index in [0.717, 1.165) is 24.0 Å². The van der Waals surface area contributed by atoms with Crippen LogP contribution in [-0.4, -0.2) is 57.7 Å². The quantitative estimate of drug-likeness (QED) is 0.0978. The Morgan fingerprint density at radius 3 is 2.13 bits per heavy atom. The number of aliphatic hydroxyl groups is 1. The van der Waals surface area contributed by atoms with Crippen molar-refractivity contribution in [2.45, 2.75) is 110 Å². The summed E-state index contributed by atoms with van der Waals surface area (Å²) in [4.78, 5) is 28.0. The van der Waals surface area contributed by atoms with E-state index in [9.17, 15) is 14.7 Å². The fraction of sp³-hybridized carbons (Fsp3) is 0.632.